The van der Waals surface area contributed by atoms with Gasteiger partial charge < -0.3 is 4.74 Å². The van der Waals surface area contributed by atoms with Crippen LogP contribution < -0.4 is 10.2 Å². The fraction of sp³-hybridized carbons (Fsp3) is 0.133. The van der Waals surface area contributed by atoms with Crippen LogP contribution in [0.4, 0.5) is 5.69 Å². The summed E-state index contributed by atoms with van der Waals surface area (Å²) >= 11 is 0. The molecule has 118 valence electrons. The van der Waals surface area contributed by atoms with E-state index in [0.29, 0.717) is 11.3 Å². The molecule has 0 aliphatic rings. The molecule has 0 unspecified atom stereocenters. The van der Waals surface area contributed by atoms with E-state index in [0.717, 1.165) is 0 Å². The van der Waals surface area contributed by atoms with Gasteiger partial charge in [-0.3, -0.25) is 19.9 Å². The van der Waals surface area contributed by atoms with Gasteiger partial charge in [-0.15, -0.1) is 0 Å². The number of hydrogen-bond acceptors (Lipinski definition) is 6. The number of hydrazone groups is 1. The molecule has 1 amide bonds. The molecule has 2 rings (SSSR count). The van der Waals surface area contributed by atoms with Crippen LogP contribution in [-0.4, -0.2) is 28.6 Å². The summed E-state index contributed by atoms with van der Waals surface area (Å²) in [5, 5.41) is 15.0. The Morgan fingerprint density at radius 3 is 2.74 bits per heavy atom. The smallest absolute Gasteiger partial charge is 0.311 e. The number of hydrogen-bond donors (Lipinski definition) is 1. The number of nitrogens with one attached hydrogen (secondary N) is 1. The van der Waals surface area contributed by atoms with E-state index in [1.165, 1.54) is 25.4 Å². The standard InChI is InChI=1S/C15H14N4O4/c1-10(17-18-15(20)12-5-3-4-8-16-12)11-6-7-14(23-2)13(9-11)19(21)22/h3-9H,1-2H3,(H,18,20)/b17-10+. The van der Waals surface area contributed by atoms with Gasteiger partial charge in [0.15, 0.2) is 5.75 Å². The number of carbonyl (C=O) groups is 1. The average Bonchev–Trinajstić information content (AvgIpc) is 2.59. The van der Waals surface area contributed by atoms with E-state index in [9.17, 15) is 14.9 Å². The molecule has 1 aromatic carbocycles. The van der Waals surface area contributed by atoms with Crippen molar-refractivity contribution in [1.82, 2.24) is 10.4 Å². The highest BCUT2D eigenvalue weighted by Crippen LogP contribution is 2.27. The molecule has 0 aliphatic heterocycles. The third kappa shape index (κ3) is 3.88. The number of methoxy groups -OCH3 is 1. The topological polar surface area (TPSA) is 107 Å². The summed E-state index contributed by atoms with van der Waals surface area (Å²) in [7, 11) is 1.36. The number of ether oxygens (including phenoxy) is 1. The first-order valence-corrected chi connectivity index (χ1v) is 6.61. The Morgan fingerprint density at radius 2 is 2.13 bits per heavy atom. The highest BCUT2D eigenvalue weighted by Gasteiger charge is 2.16. The average molecular weight is 314 g/mol. The van der Waals surface area contributed by atoms with Crippen LogP contribution in [0.5, 0.6) is 5.75 Å². The van der Waals surface area contributed by atoms with Gasteiger partial charge in [0.1, 0.15) is 5.69 Å². The fourth-order valence-electron chi connectivity index (χ4n) is 1.81. The predicted molar refractivity (Wildman–Crippen MR) is 83.6 cm³/mol. The first-order chi connectivity index (χ1) is 11.0. The number of nitro groups is 1. The summed E-state index contributed by atoms with van der Waals surface area (Å²) in [6.07, 6.45) is 1.50. The second kappa shape index (κ2) is 7.12. The van der Waals surface area contributed by atoms with Gasteiger partial charge in [0.2, 0.25) is 0 Å². The maximum absolute atomic E-state index is 11.8. The van der Waals surface area contributed by atoms with Gasteiger partial charge in [0.25, 0.3) is 5.91 Å². The van der Waals surface area contributed by atoms with Gasteiger partial charge in [0.05, 0.1) is 17.7 Å². The SMILES string of the molecule is COc1ccc(/C(C)=N/NC(=O)c2ccccn2)cc1[N+](=O)[O-]. The van der Waals surface area contributed by atoms with Gasteiger partial charge in [-0.25, -0.2) is 5.43 Å². The van der Waals surface area contributed by atoms with Crippen LogP contribution in [0.3, 0.4) is 0 Å². The Kier molecular flexibility index (Phi) is 4.98. The predicted octanol–water partition coefficient (Wildman–Crippen LogP) is 2.15. The zero-order chi connectivity index (χ0) is 16.8. The monoisotopic (exact) mass is 314 g/mol. The number of carbonyl (C=O) groups excluding carboxylic acids is 1. The van der Waals surface area contributed by atoms with E-state index in [2.05, 4.69) is 15.5 Å². The largest absolute Gasteiger partial charge is 0.490 e. The molecule has 1 aromatic heterocycles. The van der Waals surface area contributed by atoms with Crippen molar-refractivity contribution in [3.63, 3.8) is 0 Å². The second-order valence-corrected chi connectivity index (χ2v) is 4.50. The van der Waals surface area contributed by atoms with Crippen LogP contribution in [0.15, 0.2) is 47.7 Å². The van der Waals surface area contributed by atoms with E-state index >= 15 is 0 Å². The third-order valence-corrected chi connectivity index (χ3v) is 3.02. The van der Waals surface area contributed by atoms with Crippen LogP contribution >= 0.6 is 0 Å². The maximum atomic E-state index is 11.8. The summed E-state index contributed by atoms with van der Waals surface area (Å²) in [5.74, 6) is -0.308. The van der Waals surface area contributed by atoms with E-state index in [1.807, 2.05) is 0 Å². The Bertz CT molecular complexity index is 759. The van der Waals surface area contributed by atoms with Crippen molar-refractivity contribution in [2.75, 3.05) is 7.11 Å². The quantitative estimate of drug-likeness (QED) is 0.517. The molecule has 0 saturated heterocycles. The summed E-state index contributed by atoms with van der Waals surface area (Å²) in [6, 6.07) is 9.38. The normalized spacial score (nSPS) is 11.0. The Hall–Kier alpha value is -3.29. The zero-order valence-electron chi connectivity index (χ0n) is 12.5. The number of amides is 1. The molecule has 0 bridgehead atoms. The first-order valence-electron chi connectivity index (χ1n) is 6.61. The van der Waals surface area contributed by atoms with Crippen LogP contribution in [0, 0.1) is 10.1 Å². The highest BCUT2D eigenvalue weighted by atomic mass is 16.6. The summed E-state index contributed by atoms with van der Waals surface area (Å²) in [5.41, 5.74) is 3.33. The molecule has 0 spiro atoms. The number of nitrogens with zero attached hydrogens (tertiary/aromatic N) is 3. The van der Waals surface area contributed by atoms with Crippen LogP contribution in [-0.2, 0) is 0 Å². The zero-order valence-corrected chi connectivity index (χ0v) is 12.5. The van der Waals surface area contributed by atoms with Crippen molar-refractivity contribution in [2.24, 2.45) is 5.10 Å². The molecule has 1 heterocycles. The highest BCUT2D eigenvalue weighted by molar-refractivity contribution is 6.01. The molecule has 1 N–H and O–H groups in total. The molecule has 8 nitrogen and oxygen atoms in total. The molecule has 23 heavy (non-hydrogen) atoms. The lowest BCUT2D eigenvalue weighted by Gasteiger charge is -2.05. The molecule has 0 atom stereocenters. The van der Waals surface area contributed by atoms with Gasteiger partial charge in [0, 0.05) is 17.8 Å². The number of rotatable bonds is 5. The lowest BCUT2D eigenvalue weighted by atomic mass is 10.1. The van der Waals surface area contributed by atoms with E-state index in [4.69, 9.17) is 4.74 Å². The van der Waals surface area contributed by atoms with E-state index in [1.54, 1.807) is 31.2 Å². The number of benzene rings is 1. The molecule has 0 fully saturated rings. The second-order valence-electron chi connectivity index (χ2n) is 4.50. The molecule has 2 aromatic rings. The minimum atomic E-state index is -0.540. The number of pyridine rings is 1. The maximum Gasteiger partial charge on any atom is 0.311 e. The van der Waals surface area contributed by atoms with E-state index < -0.39 is 10.8 Å². The fourth-order valence-corrected chi connectivity index (χ4v) is 1.81. The van der Waals surface area contributed by atoms with Crippen LogP contribution in [0.25, 0.3) is 0 Å². The van der Waals surface area contributed by atoms with Crippen molar-refractivity contribution >= 4 is 17.3 Å². The Morgan fingerprint density at radius 1 is 1.35 bits per heavy atom. The van der Waals surface area contributed by atoms with Crippen LogP contribution in [0.1, 0.15) is 23.0 Å². The number of nitro benzene ring substituents is 1. The molecule has 0 aliphatic carbocycles. The Labute approximate surface area is 132 Å². The van der Waals surface area contributed by atoms with Gasteiger partial charge in [-0.05, 0) is 31.2 Å². The Balaban J connectivity index is 2.20. The summed E-state index contributed by atoms with van der Waals surface area (Å²) < 4.78 is 4.94. The van der Waals surface area contributed by atoms with Gasteiger partial charge in [-0.2, -0.15) is 5.10 Å². The first kappa shape index (κ1) is 16.1. The lowest BCUT2D eigenvalue weighted by Crippen LogP contribution is -2.20. The molecule has 0 radical (unpaired) electrons. The summed E-state index contributed by atoms with van der Waals surface area (Å²) in [4.78, 5) is 26.2. The van der Waals surface area contributed by atoms with E-state index in [-0.39, 0.29) is 17.1 Å². The van der Waals surface area contributed by atoms with Crippen molar-refractivity contribution in [2.45, 2.75) is 6.92 Å². The minimum absolute atomic E-state index is 0.157. The third-order valence-electron chi connectivity index (χ3n) is 3.02. The van der Waals surface area contributed by atoms with Crippen molar-refractivity contribution in [1.29, 1.82) is 0 Å². The molecular weight excluding hydrogens is 300 g/mol. The summed E-state index contributed by atoms with van der Waals surface area (Å²) in [6.45, 7) is 1.63. The molecular formula is C15H14N4O4. The van der Waals surface area contributed by atoms with Gasteiger partial charge in [-0.1, -0.05) is 6.07 Å². The van der Waals surface area contributed by atoms with Crippen LogP contribution in [0.2, 0.25) is 0 Å². The van der Waals surface area contributed by atoms with Crippen molar-refractivity contribution < 1.29 is 14.5 Å². The number of aromatic nitrogens is 1. The van der Waals surface area contributed by atoms with Gasteiger partial charge >= 0.3 is 5.69 Å². The van der Waals surface area contributed by atoms with Crippen molar-refractivity contribution in [3.05, 3.63) is 64.0 Å². The molecule has 8 heteroatoms. The molecule has 0 saturated carbocycles. The lowest BCUT2D eigenvalue weighted by molar-refractivity contribution is -0.385. The minimum Gasteiger partial charge on any atom is -0.490 e. The van der Waals surface area contributed by atoms with Crippen molar-refractivity contribution in [3.8, 4) is 5.75 Å².